The van der Waals surface area contributed by atoms with Crippen LogP contribution >= 0.6 is 0 Å². The van der Waals surface area contributed by atoms with Crippen LogP contribution in [0.1, 0.15) is 23.2 Å². The molecule has 4 rings (SSSR count). The van der Waals surface area contributed by atoms with Gasteiger partial charge < -0.3 is 15.0 Å². The highest BCUT2D eigenvalue weighted by Gasteiger charge is 2.29. The number of nitrogens with zero attached hydrogens (tertiary/aromatic N) is 2. The van der Waals surface area contributed by atoms with Crippen molar-refractivity contribution < 1.29 is 19.1 Å². The number of ether oxygens (including phenoxy) is 1. The van der Waals surface area contributed by atoms with E-state index in [2.05, 4.69) is 5.32 Å². The Morgan fingerprint density at radius 3 is 2.45 bits per heavy atom. The van der Waals surface area contributed by atoms with Crippen molar-refractivity contribution in [3.63, 3.8) is 0 Å². The fourth-order valence-corrected chi connectivity index (χ4v) is 3.74. The summed E-state index contributed by atoms with van der Waals surface area (Å²) in [6, 6.07) is 16.3. The van der Waals surface area contributed by atoms with E-state index >= 15 is 0 Å². The van der Waals surface area contributed by atoms with Gasteiger partial charge in [0.15, 0.2) is 0 Å². The number of likely N-dealkylation sites (tertiary alicyclic amines) is 1. The molecule has 2 aliphatic rings. The van der Waals surface area contributed by atoms with Gasteiger partial charge in [-0.15, -0.1) is 0 Å². The number of cyclic esters (lactones) is 1. The number of benzene rings is 2. The highest BCUT2D eigenvalue weighted by molar-refractivity contribution is 5.97. The van der Waals surface area contributed by atoms with Gasteiger partial charge >= 0.3 is 6.09 Å². The zero-order chi connectivity index (χ0) is 20.2. The lowest BCUT2D eigenvalue weighted by atomic mass is 9.96. The van der Waals surface area contributed by atoms with Crippen molar-refractivity contribution in [2.75, 3.05) is 36.5 Å². The average Bonchev–Trinajstić information content (AvgIpc) is 3.20. The monoisotopic (exact) mass is 393 g/mol. The van der Waals surface area contributed by atoms with E-state index in [-0.39, 0.29) is 23.8 Å². The molecule has 2 heterocycles. The molecule has 7 nitrogen and oxygen atoms in total. The molecule has 0 bridgehead atoms. The Balaban J connectivity index is 1.39. The highest BCUT2D eigenvalue weighted by Crippen LogP contribution is 2.23. The summed E-state index contributed by atoms with van der Waals surface area (Å²) in [5, 5.41) is 2.93. The summed E-state index contributed by atoms with van der Waals surface area (Å²) in [6.45, 7) is 1.92. The second kappa shape index (κ2) is 8.34. The fraction of sp³-hybridized carbons (Fsp3) is 0.318. The van der Waals surface area contributed by atoms with Crippen LogP contribution in [-0.4, -0.2) is 49.0 Å². The van der Waals surface area contributed by atoms with Crippen molar-refractivity contribution in [1.82, 2.24) is 4.90 Å². The Bertz CT molecular complexity index is 898. The SMILES string of the molecule is O=C(Nc1ccccc1)[C@@H]1CCCN(C(=O)c2ccc(N3CCOC3=O)cc2)C1. The van der Waals surface area contributed by atoms with Gasteiger partial charge in [-0.1, -0.05) is 18.2 Å². The molecule has 2 saturated heterocycles. The van der Waals surface area contributed by atoms with Crippen LogP contribution < -0.4 is 10.2 Å². The molecule has 2 aromatic carbocycles. The lowest BCUT2D eigenvalue weighted by Crippen LogP contribution is -2.43. The van der Waals surface area contributed by atoms with E-state index in [1.54, 1.807) is 34.1 Å². The van der Waals surface area contributed by atoms with E-state index in [0.29, 0.717) is 37.5 Å². The Labute approximate surface area is 169 Å². The fourth-order valence-electron chi connectivity index (χ4n) is 3.74. The van der Waals surface area contributed by atoms with Gasteiger partial charge in [-0.2, -0.15) is 0 Å². The molecular formula is C22H23N3O4. The van der Waals surface area contributed by atoms with E-state index in [1.807, 2.05) is 30.3 Å². The first-order chi connectivity index (χ1) is 14.1. The summed E-state index contributed by atoms with van der Waals surface area (Å²) in [4.78, 5) is 40.4. The third kappa shape index (κ3) is 4.23. The summed E-state index contributed by atoms with van der Waals surface area (Å²) < 4.78 is 4.94. The van der Waals surface area contributed by atoms with Crippen molar-refractivity contribution in [2.24, 2.45) is 5.92 Å². The van der Waals surface area contributed by atoms with Crippen LogP contribution in [0.4, 0.5) is 16.2 Å². The van der Waals surface area contributed by atoms with Crippen LogP contribution in [0.25, 0.3) is 0 Å². The van der Waals surface area contributed by atoms with E-state index in [0.717, 1.165) is 18.5 Å². The molecule has 1 N–H and O–H groups in total. The van der Waals surface area contributed by atoms with Gasteiger partial charge in [0.05, 0.1) is 12.5 Å². The first-order valence-electron chi connectivity index (χ1n) is 9.81. The lowest BCUT2D eigenvalue weighted by Gasteiger charge is -2.32. The Kier molecular flexibility index (Phi) is 5.46. The van der Waals surface area contributed by atoms with E-state index in [9.17, 15) is 14.4 Å². The molecule has 0 unspecified atom stereocenters. The molecule has 0 aliphatic carbocycles. The maximum Gasteiger partial charge on any atom is 0.414 e. The summed E-state index contributed by atoms with van der Waals surface area (Å²) in [5.74, 6) is -0.388. The van der Waals surface area contributed by atoms with Gasteiger partial charge in [0.1, 0.15) is 6.61 Å². The van der Waals surface area contributed by atoms with Crippen molar-refractivity contribution in [1.29, 1.82) is 0 Å². The summed E-state index contributed by atoms with van der Waals surface area (Å²) in [5.41, 5.74) is 2.02. The molecule has 2 fully saturated rings. The number of anilines is 2. The van der Waals surface area contributed by atoms with Gasteiger partial charge in [-0.05, 0) is 49.2 Å². The molecule has 2 aromatic rings. The molecule has 150 valence electrons. The predicted octanol–water partition coefficient (Wildman–Crippen LogP) is 3.13. The number of carbonyl (C=O) groups excluding carboxylic acids is 3. The van der Waals surface area contributed by atoms with Crippen LogP contribution in [0, 0.1) is 5.92 Å². The van der Waals surface area contributed by atoms with Crippen molar-refractivity contribution in [3.8, 4) is 0 Å². The molecule has 0 saturated carbocycles. The highest BCUT2D eigenvalue weighted by atomic mass is 16.6. The first kappa shape index (κ1) is 19.0. The Morgan fingerprint density at radius 1 is 1.00 bits per heavy atom. The maximum atomic E-state index is 12.9. The van der Waals surface area contributed by atoms with Crippen molar-refractivity contribution in [2.45, 2.75) is 12.8 Å². The number of para-hydroxylation sites is 1. The number of hydrogen-bond acceptors (Lipinski definition) is 4. The molecule has 0 spiro atoms. The standard InChI is InChI=1S/C22H23N3O4/c26-20(23-18-6-2-1-3-7-18)17-5-4-12-24(15-17)21(27)16-8-10-19(11-9-16)25-13-14-29-22(25)28/h1-3,6-11,17H,4-5,12-15H2,(H,23,26)/t17-/m1/s1. The number of nitrogens with one attached hydrogen (secondary N) is 1. The quantitative estimate of drug-likeness (QED) is 0.866. The number of rotatable bonds is 4. The predicted molar refractivity (Wildman–Crippen MR) is 109 cm³/mol. The third-order valence-corrected chi connectivity index (χ3v) is 5.31. The topological polar surface area (TPSA) is 79.0 Å². The minimum atomic E-state index is -0.368. The maximum absolute atomic E-state index is 12.9. The average molecular weight is 393 g/mol. The smallest absolute Gasteiger partial charge is 0.414 e. The van der Waals surface area contributed by atoms with Gasteiger partial charge in [-0.25, -0.2) is 4.79 Å². The molecule has 2 aliphatic heterocycles. The van der Waals surface area contributed by atoms with Crippen LogP contribution in [0.2, 0.25) is 0 Å². The van der Waals surface area contributed by atoms with Gasteiger partial charge in [0, 0.05) is 30.0 Å². The van der Waals surface area contributed by atoms with Gasteiger partial charge in [0.2, 0.25) is 5.91 Å². The van der Waals surface area contributed by atoms with Crippen LogP contribution in [0.15, 0.2) is 54.6 Å². The minimum absolute atomic E-state index is 0.0587. The number of piperidine rings is 1. The molecule has 1 atom stereocenters. The van der Waals surface area contributed by atoms with Gasteiger partial charge in [0.25, 0.3) is 5.91 Å². The molecule has 7 heteroatoms. The van der Waals surface area contributed by atoms with Crippen LogP contribution in [0.5, 0.6) is 0 Å². The second-order valence-corrected chi connectivity index (χ2v) is 7.26. The molecule has 29 heavy (non-hydrogen) atoms. The number of carbonyl (C=O) groups is 3. The van der Waals surface area contributed by atoms with Gasteiger partial charge in [-0.3, -0.25) is 14.5 Å². The Morgan fingerprint density at radius 2 is 1.76 bits per heavy atom. The molecule has 0 radical (unpaired) electrons. The first-order valence-corrected chi connectivity index (χ1v) is 9.81. The second-order valence-electron chi connectivity index (χ2n) is 7.26. The summed E-state index contributed by atoms with van der Waals surface area (Å²) in [7, 11) is 0. The summed E-state index contributed by atoms with van der Waals surface area (Å²) in [6.07, 6.45) is 1.18. The van der Waals surface area contributed by atoms with E-state index in [4.69, 9.17) is 4.74 Å². The normalized spacial score (nSPS) is 19.0. The zero-order valence-corrected chi connectivity index (χ0v) is 16.0. The molecule has 3 amide bonds. The van der Waals surface area contributed by atoms with Crippen molar-refractivity contribution >= 4 is 29.3 Å². The summed E-state index contributed by atoms with van der Waals surface area (Å²) >= 11 is 0. The third-order valence-electron chi connectivity index (χ3n) is 5.31. The van der Waals surface area contributed by atoms with Crippen LogP contribution in [0.3, 0.4) is 0 Å². The molecular weight excluding hydrogens is 370 g/mol. The lowest BCUT2D eigenvalue weighted by molar-refractivity contribution is -0.121. The van der Waals surface area contributed by atoms with Crippen LogP contribution in [-0.2, 0) is 9.53 Å². The Hall–Kier alpha value is -3.35. The number of amides is 3. The number of hydrogen-bond donors (Lipinski definition) is 1. The van der Waals surface area contributed by atoms with E-state index < -0.39 is 0 Å². The molecule has 0 aromatic heterocycles. The van der Waals surface area contributed by atoms with E-state index in [1.165, 1.54) is 0 Å². The largest absolute Gasteiger partial charge is 0.447 e. The minimum Gasteiger partial charge on any atom is -0.447 e. The van der Waals surface area contributed by atoms with Crippen molar-refractivity contribution in [3.05, 3.63) is 60.2 Å². The zero-order valence-electron chi connectivity index (χ0n) is 16.0.